The first-order chi connectivity index (χ1) is 12.4. The quantitative estimate of drug-likeness (QED) is 0.674. The molecule has 26 heavy (non-hydrogen) atoms. The van der Waals surface area contributed by atoms with Crippen molar-refractivity contribution in [3.63, 3.8) is 0 Å². The number of aliphatic hydroxyl groups is 1. The average Bonchev–Trinajstić information content (AvgIpc) is 3.08. The van der Waals surface area contributed by atoms with E-state index in [1.165, 1.54) is 0 Å². The summed E-state index contributed by atoms with van der Waals surface area (Å²) in [5.41, 5.74) is 0.139. The number of aryl methyl sites for hydroxylation is 1. The van der Waals surface area contributed by atoms with Crippen molar-refractivity contribution in [3.8, 4) is 11.3 Å². The zero-order chi connectivity index (χ0) is 19.0. The minimum absolute atomic E-state index is 0.0512. The molecule has 0 fully saturated rings. The van der Waals surface area contributed by atoms with Crippen LogP contribution in [0.4, 0.5) is 0 Å². The predicted octanol–water partition coefficient (Wildman–Crippen LogP) is 3.97. The van der Waals surface area contributed by atoms with E-state index in [-0.39, 0.29) is 12.5 Å². The van der Waals surface area contributed by atoms with Crippen LogP contribution in [0.3, 0.4) is 0 Å². The summed E-state index contributed by atoms with van der Waals surface area (Å²) in [6.07, 6.45) is 5.01. The molecule has 0 aliphatic rings. The number of carbonyl (C=O) groups excluding carboxylic acids is 1. The first-order valence-electron chi connectivity index (χ1n) is 9.35. The third-order valence-corrected chi connectivity index (χ3v) is 4.33. The molecule has 1 atom stereocenters. The normalized spacial score (nSPS) is 13.6. The molecule has 0 aliphatic heterocycles. The van der Waals surface area contributed by atoms with Crippen molar-refractivity contribution in [2.24, 2.45) is 5.92 Å². The van der Waals surface area contributed by atoms with Gasteiger partial charge in [-0.15, -0.1) is 0 Å². The second-order valence-electron chi connectivity index (χ2n) is 7.54. The van der Waals surface area contributed by atoms with Crippen LogP contribution in [0.15, 0.2) is 40.9 Å². The molecule has 2 N–H and O–H groups in total. The van der Waals surface area contributed by atoms with Crippen LogP contribution in [-0.4, -0.2) is 28.1 Å². The molecule has 5 nitrogen and oxygen atoms in total. The van der Waals surface area contributed by atoms with Crippen molar-refractivity contribution in [2.45, 2.75) is 58.5 Å². The largest absolute Gasteiger partial charge is 0.441 e. The second kappa shape index (κ2) is 9.53. The topological polar surface area (TPSA) is 75.4 Å². The summed E-state index contributed by atoms with van der Waals surface area (Å²) >= 11 is 0. The molecule has 0 spiro atoms. The molecule has 0 bridgehead atoms. The number of amides is 1. The van der Waals surface area contributed by atoms with E-state index >= 15 is 0 Å². The Balaban J connectivity index is 1.69. The Kier molecular flexibility index (Phi) is 7.39. The maximum Gasteiger partial charge on any atom is 0.220 e. The molecular weight excluding hydrogens is 328 g/mol. The minimum Gasteiger partial charge on any atom is -0.441 e. The van der Waals surface area contributed by atoms with E-state index in [9.17, 15) is 9.90 Å². The van der Waals surface area contributed by atoms with E-state index in [1.54, 1.807) is 13.1 Å². The Morgan fingerprint density at radius 3 is 2.73 bits per heavy atom. The maximum absolute atomic E-state index is 12.0. The fourth-order valence-electron chi connectivity index (χ4n) is 2.63. The lowest BCUT2D eigenvalue weighted by Gasteiger charge is -2.24. The van der Waals surface area contributed by atoms with E-state index < -0.39 is 5.60 Å². The number of aromatic nitrogens is 1. The van der Waals surface area contributed by atoms with E-state index in [2.05, 4.69) is 24.1 Å². The van der Waals surface area contributed by atoms with Crippen LogP contribution in [0.25, 0.3) is 11.3 Å². The number of rotatable bonds is 10. The number of hydrogen-bond donors (Lipinski definition) is 2. The number of benzene rings is 1. The first-order valence-corrected chi connectivity index (χ1v) is 9.35. The van der Waals surface area contributed by atoms with Crippen molar-refractivity contribution < 1.29 is 14.3 Å². The molecule has 0 radical (unpaired) electrons. The van der Waals surface area contributed by atoms with Crippen LogP contribution in [0.2, 0.25) is 0 Å². The molecule has 1 aromatic heterocycles. The van der Waals surface area contributed by atoms with Crippen LogP contribution in [-0.2, 0) is 11.2 Å². The van der Waals surface area contributed by atoms with Gasteiger partial charge >= 0.3 is 0 Å². The molecule has 1 aromatic carbocycles. The summed E-state index contributed by atoms with van der Waals surface area (Å²) in [7, 11) is 0. The van der Waals surface area contributed by atoms with Gasteiger partial charge in [-0.2, -0.15) is 0 Å². The van der Waals surface area contributed by atoms with E-state index in [0.717, 1.165) is 17.7 Å². The smallest absolute Gasteiger partial charge is 0.220 e. The predicted molar refractivity (Wildman–Crippen MR) is 103 cm³/mol. The fraction of sp³-hybridized carbons (Fsp3) is 0.524. The summed E-state index contributed by atoms with van der Waals surface area (Å²) in [5, 5.41) is 13.1. The SMILES string of the molecule is CC(C)CC[C@](C)(O)CNC(=O)CCCc1ncc(-c2ccccc2)o1. The summed E-state index contributed by atoms with van der Waals surface area (Å²) in [5.74, 6) is 1.87. The number of nitrogens with zero attached hydrogens (tertiary/aromatic N) is 1. The molecule has 1 amide bonds. The Morgan fingerprint density at radius 2 is 2.04 bits per heavy atom. The summed E-state index contributed by atoms with van der Waals surface area (Å²) < 4.78 is 5.74. The molecule has 0 saturated carbocycles. The average molecular weight is 358 g/mol. The van der Waals surface area contributed by atoms with E-state index in [0.29, 0.717) is 37.5 Å². The second-order valence-corrected chi connectivity index (χ2v) is 7.54. The number of hydrogen-bond acceptors (Lipinski definition) is 4. The summed E-state index contributed by atoms with van der Waals surface area (Å²) in [6, 6.07) is 9.82. The van der Waals surface area contributed by atoms with Crippen LogP contribution < -0.4 is 5.32 Å². The highest BCUT2D eigenvalue weighted by Crippen LogP contribution is 2.20. The standard InChI is InChI=1S/C21H30N2O3/c1-16(2)12-13-21(3,25)15-23-19(24)10-7-11-20-22-14-18(26-20)17-8-5-4-6-9-17/h4-6,8-9,14,16,25H,7,10-13,15H2,1-3H3,(H,23,24)/t21-/m0/s1. The summed E-state index contributed by atoms with van der Waals surface area (Å²) in [4.78, 5) is 16.2. The van der Waals surface area contributed by atoms with Crippen molar-refractivity contribution in [2.75, 3.05) is 6.54 Å². The Morgan fingerprint density at radius 1 is 1.31 bits per heavy atom. The van der Waals surface area contributed by atoms with Gasteiger partial charge in [-0.3, -0.25) is 4.79 Å². The van der Waals surface area contributed by atoms with Crippen LogP contribution in [0.1, 0.15) is 52.3 Å². The lowest BCUT2D eigenvalue weighted by Crippen LogP contribution is -2.40. The van der Waals surface area contributed by atoms with Gasteiger partial charge in [0.1, 0.15) is 0 Å². The Hall–Kier alpha value is -2.14. The molecule has 2 rings (SSSR count). The van der Waals surface area contributed by atoms with Crippen molar-refractivity contribution in [1.29, 1.82) is 0 Å². The van der Waals surface area contributed by atoms with E-state index in [1.807, 2.05) is 30.3 Å². The molecule has 0 aliphatic carbocycles. The van der Waals surface area contributed by atoms with Crippen LogP contribution >= 0.6 is 0 Å². The van der Waals surface area contributed by atoms with Gasteiger partial charge in [0.15, 0.2) is 11.7 Å². The van der Waals surface area contributed by atoms with Gasteiger partial charge in [0.05, 0.1) is 11.8 Å². The van der Waals surface area contributed by atoms with Crippen LogP contribution in [0.5, 0.6) is 0 Å². The van der Waals surface area contributed by atoms with Crippen molar-refractivity contribution >= 4 is 5.91 Å². The highest BCUT2D eigenvalue weighted by atomic mass is 16.4. The van der Waals surface area contributed by atoms with Crippen LogP contribution in [0, 0.1) is 5.92 Å². The van der Waals surface area contributed by atoms with E-state index in [4.69, 9.17) is 4.42 Å². The lowest BCUT2D eigenvalue weighted by atomic mass is 9.95. The molecular formula is C21H30N2O3. The third kappa shape index (κ3) is 7.00. The van der Waals surface area contributed by atoms with Gasteiger partial charge in [0, 0.05) is 24.9 Å². The maximum atomic E-state index is 12.0. The molecule has 2 aromatic rings. The van der Waals surface area contributed by atoms with Crippen molar-refractivity contribution in [1.82, 2.24) is 10.3 Å². The van der Waals surface area contributed by atoms with Gasteiger partial charge in [0.2, 0.25) is 5.91 Å². The summed E-state index contributed by atoms with van der Waals surface area (Å²) in [6.45, 7) is 6.31. The van der Waals surface area contributed by atoms with Crippen molar-refractivity contribution in [3.05, 3.63) is 42.4 Å². The lowest BCUT2D eigenvalue weighted by molar-refractivity contribution is -0.122. The van der Waals surface area contributed by atoms with Gasteiger partial charge in [-0.1, -0.05) is 44.2 Å². The zero-order valence-corrected chi connectivity index (χ0v) is 16.0. The molecule has 0 unspecified atom stereocenters. The first kappa shape index (κ1) is 20.2. The molecule has 0 saturated heterocycles. The monoisotopic (exact) mass is 358 g/mol. The zero-order valence-electron chi connectivity index (χ0n) is 16.0. The van der Waals surface area contributed by atoms with Gasteiger partial charge in [0.25, 0.3) is 0 Å². The van der Waals surface area contributed by atoms with Gasteiger partial charge < -0.3 is 14.8 Å². The minimum atomic E-state index is -0.854. The number of oxazole rings is 1. The fourth-order valence-corrected chi connectivity index (χ4v) is 2.63. The molecule has 142 valence electrons. The molecule has 5 heteroatoms. The Labute approximate surface area is 155 Å². The Bertz CT molecular complexity index is 678. The van der Waals surface area contributed by atoms with Gasteiger partial charge in [-0.05, 0) is 32.1 Å². The van der Waals surface area contributed by atoms with Gasteiger partial charge in [-0.25, -0.2) is 4.98 Å². The highest BCUT2D eigenvalue weighted by Gasteiger charge is 2.21. The number of carbonyl (C=O) groups is 1. The third-order valence-electron chi connectivity index (χ3n) is 4.33. The number of nitrogens with one attached hydrogen (secondary N) is 1. The molecule has 1 heterocycles. The highest BCUT2D eigenvalue weighted by molar-refractivity contribution is 5.75.